The van der Waals surface area contributed by atoms with Gasteiger partial charge in [0.15, 0.2) is 0 Å². The highest BCUT2D eigenvalue weighted by Gasteiger charge is 2.45. The molecule has 5 heteroatoms. The lowest BCUT2D eigenvalue weighted by Gasteiger charge is -2.38. The summed E-state index contributed by atoms with van der Waals surface area (Å²) in [6.07, 6.45) is -1.81. The summed E-state index contributed by atoms with van der Waals surface area (Å²) < 4.78 is 37.8. The minimum atomic E-state index is -4.01. The average molecular weight is 250 g/mol. The van der Waals surface area contributed by atoms with Crippen LogP contribution in [-0.4, -0.2) is 42.3 Å². The minimum Gasteiger partial charge on any atom is -0.312 e. The Balaban J connectivity index is 1.92. The zero-order valence-corrected chi connectivity index (χ0v) is 10.4. The van der Waals surface area contributed by atoms with E-state index in [1.807, 2.05) is 4.90 Å². The fraction of sp³-hybridized carbons (Fsp3) is 1.00. The van der Waals surface area contributed by atoms with Gasteiger partial charge < -0.3 is 5.32 Å². The molecule has 0 amide bonds. The minimum absolute atomic E-state index is 0.202. The Hall–Kier alpha value is -0.290. The number of likely N-dealkylation sites (tertiary alicyclic amines) is 1. The lowest BCUT2D eigenvalue weighted by molar-refractivity contribution is -0.171. The molecule has 100 valence electrons. The van der Waals surface area contributed by atoms with Crippen molar-refractivity contribution >= 4 is 0 Å². The fourth-order valence-corrected chi connectivity index (χ4v) is 3.22. The largest absolute Gasteiger partial charge is 0.393 e. The SMILES string of the molecule is CC1CC(N2CCC(C(F)(F)F)C2)CC(C)N1. The van der Waals surface area contributed by atoms with Crippen molar-refractivity contribution in [3.63, 3.8) is 0 Å². The normalized spacial score (nSPS) is 40.8. The number of rotatable bonds is 1. The number of nitrogens with zero attached hydrogens (tertiary/aromatic N) is 1. The summed E-state index contributed by atoms with van der Waals surface area (Å²) in [6.45, 7) is 5.03. The molecule has 17 heavy (non-hydrogen) atoms. The van der Waals surface area contributed by atoms with Gasteiger partial charge in [-0.15, -0.1) is 0 Å². The van der Waals surface area contributed by atoms with Crippen LogP contribution in [0.15, 0.2) is 0 Å². The van der Waals surface area contributed by atoms with E-state index >= 15 is 0 Å². The molecule has 2 saturated heterocycles. The maximum Gasteiger partial charge on any atom is 0.393 e. The van der Waals surface area contributed by atoms with E-state index in [2.05, 4.69) is 19.2 Å². The van der Waals surface area contributed by atoms with Crippen LogP contribution in [0.25, 0.3) is 0 Å². The monoisotopic (exact) mass is 250 g/mol. The summed E-state index contributed by atoms with van der Waals surface area (Å²) in [7, 11) is 0. The van der Waals surface area contributed by atoms with E-state index in [1.54, 1.807) is 0 Å². The van der Waals surface area contributed by atoms with Gasteiger partial charge in [0.2, 0.25) is 0 Å². The highest BCUT2D eigenvalue weighted by molar-refractivity contribution is 4.91. The molecule has 0 saturated carbocycles. The number of halogens is 3. The quantitative estimate of drug-likeness (QED) is 0.768. The molecular formula is C12H21F3N2. The summed E-state index contributed by atoms with van der Waals surface area (Å²) >= 11 is 0. The van der Waals surface area contributed by atoms with Crippen LogP contribution in [-0.2, 0) is 0 Å². The molecule has 0 aromatic carbocycles. The molecular weight excluding hydrogens is 229 g/mol. The van der Waals surface area contributed by atoms with Gasteiger partial charge in [-0.2, -0.15) is 13.2 Å². The van der Waals surface area contributed by atoms with Crippen LogP contribution in [0.1, 0.15) is 33.1 Å². The van der Waals surface area contributed by atoms with Crippen molar-refractivity contribution in [1.82, 2.24) is 10.2 Å². The van der Waals surface area contributed by atoms with Crippen LogP contribution in [0.5, 0.6) is 0 Å². The molecule has 0 aromatic heterocycles. The van der Waals surface area contributed by atoms with Crippen molar-refractivity contribution in [3.8, 4) is 0 Å². The fourth-order valence-electron chi connectivity index (χ4n) is 3.22. The molecule has 0 aliphatic carbocycles. The second kappa shape index (κ2) is 4.76. The average Bonchev–Trinajstić information content (AvgIpc) is 2.63. The molecule has 1 N–H and O–H groups in total. The second-order valence-corrected chi connectivity index (χ2v) is 5.62. The third-order valence-corrected chi connectivity index (χ3v) is 4.02. The Morgan fingerprint density at radius 2 is 1.71 bits per heavy atom. The maximum atomic E-state index is 12.6. The Labute approximate surface area is 101 Å². The Bertz CT molecular complexity index is 257. The lowest BCUT2D eigenvalue weighted by Crippen LogP contribution is -2.50. The van der Waals surface area contributed by atoms with Crippen molar-refractivity contribution in [2.24, 2.45) is 5.92 Å². The first-order valence-electron chi connectivity index (χ1n) is 6.43. The predicted octanol–water partition coefficient (Wildman–Crippen LogP) is 2.40. The van der Waals surface area contributed by atoms with E-state index in [0.717, 1.165) is 12.8 Å². The summed E-state index contributed by atoms with van der Waals surface area (Å²) in [5.74, 6) is -1.11. The molecule has 0 bridgehead atoms. The topological polar surface area (TPSA) is 15.3 Å². The number of hydrogen-bond donors (Lipinski definition) is 1. The van der Waals surface area contributed by atoms with Crippen molar-refractivity contribution in [2.45, 2.75) is 57.4 Å². The first-order chi connectivity index (χ1) is 7.86. The van der Waals surface area contributed by atoms with Gasteiger partial charge in [-0.25, -0.2) is 0 Å². The Morgan fingerprint density at radius 3 is 2.18 bits per heavy atom. The number of piperidine rings is 1. The molecule has 2 aliphatic rings. The van der Waals surface area contributed by atoms with Gasteiger partial charge in [0.05, 0.1) is 5.92 Å². The van der Waals surface area contributed by atoms with Gasteiger partial charge in [0.1, 0.15) is 0 Å². The van der Waals surface area contributed by atoms with E-state index in [4.69, 9.17) is 0 Å². The third-order valence-electron chi connectivity index (χ3n) is 4.02. The molecule has 2 rings (SSSR count). The first kappa shape index (κ1) is 13.1. The molecule has 2 fully saturated rings. The van der Waals surface area contributed by atoms with Gasteiger partial charge in [0.25, 0.3) is 0 Å². The number of hydrogen-bond acceptors (Lipinski definition) is 2. The Kier molecular flexibility index (Phi) is 3.69. The second-order valence-electron chi connectivity index (χ2n) is 5.62. The maximum absolute atomic E-state index is 12.6. The first-order valence-corrected chi connectivity index (χ1v) is 6.43. The Morgan fingerprint density at radius 1 is 1.12 bits per heavy atom. The van der Waals surface area contributed by atoms with Crippen LogP contribution in [0, 0.1) is 5.92 Å². The summed E-state index contributed by atoms with van der Waals surface area (Å²) in [6, 6.07) is 1.15. The van der Waals surface area contributed by atoms with Crippen molar-refractivity contribution in [1.29, 1.82) is 0 Å². The molecule has 0 radical (unpaired) electrons. The van der Waals surface area contributed by atoms with E-state index in [9.17, 15) is 13.2 Å². The van der Waals surface area contributed by atoms with Crippen molar-refractivity contribution in [3.05, 3.63) is 0 Å². The summed E-state index contributed by atoms with van der Waals surface area (Å²) in [5, 5.41) is 3.43. The van der Waals surface area contributed by atoms with Crippen LogP contribution >= 0.6 is 0 Å². The molecule has 2 nitrogen and oxygen atoms in total. The molecule has 0 spiro atoms. The molecule has 0 aromatic rings. The van der Waals surface area contributed by atoms with Gasteiger partial charge in [0, 0.05) is 24.7 Å². The highest BCUT2D eigenvalue weighted by Crippen LogP contribution is 2.35. The zero-order chi connectivity index (χ0) is 12.6. The van der Waals surface area contributed by atoms with E-state index in [-0.39, 0.29) is 13.0 Å². The molecule has 3 atom stereocenters. The van der Waals surface area contributed by atoms with Crippen LogP contribution in [0.3, 0.4) is 0 Å². The summed E-state index contributed by atoms with van der Waals surface area (Å²) in [4.78, 5) is 2.05. The van der Waals surface area contributed by atoms with E-state index in [0.29, 0.717) is 24.7 Å². The van der Waals surface area contributed by atoms with Gasteiger partial charge in [-0.3, -0.25) is 4.90 Å². The standard InChI is InChI=1S/C12H21F3N2/c1-8-5-11(6-9(2)16-8)17-4-3-10(7-17)12(13,14)15/h8-11,16H,3-7H2,1-2H3. The van der Waals surface area contributed by atoms with Gasteiger partial charge in [-0.1, -0.05) is 0 Å². The molecule has 2 aliphatic heterocycles. The number of nitrogens with one attached hydrogen (secondary N) is 1. The molecule has 2 heterocycles. The number of alkyl halides is 3. The van der Waals surface area contributed by atoms with Crippen LogP contribution < -0.4 is 5.32 Å². The van der Waals surface area contributed by atoms with E-state index in [1.165, 1.54) is 0 Å². The van der Waals surface area contributed by atoms with Gasteiger partial charge >= 0.3 is 6.18 Å². The zero-order valence-electron chi connectivity index (χ0n) is 10.4. The van der Waals surface area contributed by atoms with Crippen LogP contribution in [0.4, 0.5) is 13.2 Å². The van der Waals surface area contributed by atoms with Gasteiger partial charge in [-0.05, 0) is 39.7 Å². The molecule has 3 unspecified atom stereocenters. The van der Waals surface area contributed by atoms with E-state index < -0.39 is 12.1 Å². The third kappa shape index (κ3) is 3.13. The summed E-state index contributed by atoms with van der Waals surface area (Å²) in [5.41, 5.74) is 0. The van der Waals surface area contributed by atoms with Crippen LogP contribution in [0.2, 0.25) is 0 Å². The smallest absolute Gasteiger partial charge is 0.312 e. The lowest BCUT2D eigenvalue weighted by atomic mass is 9.94. The van der Waals surface area contributed by atoms with Crippen molar-refractivity contribution in [2.75, 3.05) is 13.1 Å². The van der Waals surface area contributed by atoms with Crippen molar-refractivity contribution < 1.29 is 13.2 Å². The highest BCUT2D eigenvalue weighted by atomic mass is 19.4. The predicted molar refractivity (Wildman–Crippen MR) is 60.8 cm³/mol.